The lowest BCUT2D eigenvalue weighted by Gasteiger charge is -2.21. The van der Waals surface area contributed by atoms with E-state index in [1.165, 1.54) is 14.2 Å². The second kappa shape index (κ2) is 9.04. The number of ether oxygens (including phenoxy) is 2. The van der Waals surface area contributed by atoms with Crippen molar-refractivity contribution in [3.8, 4) is 0 Å². The largest absolute Gasteiger partial charge is 0.468 e. The molecule has 0 saturated heterocycles. The molecule has 0 N–H and O–H groups in total. The topological polar surface area (TPSA) is 52.6 Å². The highest BCUT2D eigenvalue weighted by Crippen LogP contribution is 2.30. The van der Waals surface area contributed by atoms with Gasteiger partial charge in [0.25, 0.3) is 0 Å². The Hall–Kier alpha value is -2.59. The number of methoxy groups -OCH3 is 2. The zero-order chi connectivity index (χ0) is 18.2. The molecule has 5 heteroatoms. The van der Waals surface area contributed by atoms with E-state index in [9.17, 15) is 9.59 Å². The van der Waals surface area contributed by atoms with Crippen LogP contribution in [0.5, 0.6) is 0 Å². The van der Waals surface area contributed by atoms with Crippen LogP contribution in [0.15, 0.2) is 60.7 Å². The molecule has 130 valence electrons. The Bertz CT molecular complexity index is 722. The standard InChI is InChI=1S/C20H19ClO4/c1-24-19(22)18(20(23)25-2)17(15-9-11-16(21)12-10-15)13-8-14-6-4-3-5-7-14/h3-13,17-18H,1-2H3/b13-8+. The van der Waals surface area contributed by atoms with E-state index >= 15 is 0 Å². The highest BCUT2D eigenvalue weighted by atomic mass is 35.5. The number of halogens is 1. The predicted molar refractivity (Wildman–Crippen MR) is 97.2 cm³/mol. The Kier molecular flexibility index (Phi) is 6.78. The third kappa shape index (κ3) is 4.94. The van der Waals surface area contributed by atoms with Gasteiger partial charge in [-0.2, -0.15) is 0 Å². The normalized spacial score (nSPS) is 12.2. The van der Waals surface area contributed by atoms with E-state index in [1.807, 2.05) is 36.4 Å². The maximum Gasteiger partial charge on any atom is 0.321 e. The monoisotopic (exact) mass is 358 g/mol. The van der Waals surface area contributed by atoms with Crippen molar-refractivity contribution in [3.63, 3.8) is 0 Å². The van der Waals surface area contributed by atoms with Crippen LogP contribution in [0.3, 0.4) is 0 Å². The summed E-state index contributed by atoms with van der Waals surface area (Å²) in [6.07, 6.45) is 3.66. The number of benzene rings is 2. The van der Waals surface area contributed by atoms with Gasteiger partial charge in [0, 0.05) is 10.9 Å². The molecule has 2 aromatic carbocycles. The van der Waals surface area contributed by atoms with Crippen LogP contribution in [0.2, 0.25) is 5.02 Å². The molecule has 0 aliphatic carbocycles. The maximum absolute atomic E-state index is 12.2. The number of hydrogen-bond acceptors (Lipinski definition) is 4. The van der Waals surface area contributed by atoms with Crippen LogP contribution in [0, 0.1) is 5.92 Å². The molecule has 0 amide bonds. The summed E-state index contributed by atoms with van der Waals surface area (Å²) in [5.41, 5.74) is 1.72. The third-order valence-corrected chi connectivity index (χ3v) is 4.07. The molecule has 1 unspecified atom stereocenters. The van der Waals surface area contributed by atoms with Gasteiger partial charge < -0.3 is 9.47 Å². The number of rotatable bonds is 6. The molecular formula is C20H19ClO4. The molecular weight excluding hydrogens is 340 g/mol. The van der Waals surface area contributed by atoms with Crippen molar-refractivity contribution in [1.29, 1.82) is 0 Å². The minimum absolute atomic E-state index is 0.544. The molecule has 2 rings (SSSR count). The second-order valence-electron chi connectivity index (χ2n) is 5.37. The van der Waals surface area contributed by atoms with E-state index in [0.717, 1.165) is 11.1 Å². The summed E-state index contributed by atoms with van der Waals surface area (Å²) >= 11 is 5.95. The Morgan fingerprint density at radius 3 is 2.00 bits per heavy atom. The fourth-order valence-electron chi connectivity index (χ4n) is 2.52. The number of esters is 2. The Morgan fingerprint density at radius 1 is 0.920 bits per heavy atom. The van der Waals surface area contributed by atoms with Gasteiger partial charge in [0.1, 0.15) is 0 Å². The lowest BCUT2D eigenvalue weighted by Crippen LogP contribution is -2.31. The van der Waals surface area contributed by atoms with Crippen molar-refractivity contribution >= 4 is 29.6 Å². The van der Waals surface area contributed by atoms with Crippen molar-refractivity contribution in [2.24, 2.45) is 5.92 Å². The van der Waals surface area contributed by atoms with Crippen molar-refractivity contribution < 1.29 is 19.1 Å². The minimum atomic E-state index is -1.10. The van der Waals surface area contributed by atoms with Gasteiger partial charge in [-0.1, -0.05) is 66.2 Å². The predicted octanol–water partition coefficient (Wildman–Crippen LogP) is 4.10. The van der Waals surface area contributed by atoms with E-state index in [0.29, 0.717) is 5.02 Å². The average molecular weight is 359 g/mol. The molecule has 25 heavy (non-hydrogen) atoms. The summed E-state index contributed by atoms with van der Waals surface area (Å²) in [4.78, 5) is 24.4. The fourth-order valence-corrected chi connectivity index (χ4v) is 2.65. The van der Waals surface area contributed by atoms with Gasteiger partial charge >= 0.3 is 11.9 Å². The quantitative estimate of drug-likeness (QED) is 0.576. The number of hydrogen-bond donors (Lipinski definition) is 0. The van der Waals surface area contributed by atoms with Gasteiger partial charge in [0.05, 0.1) is 14.2 Å². The molecule has 0 fully saturated rings. The van der Waals surface area contributed by atoms with Crippen LogP contribution in [-0.4, -0.2) is 26.2 Å². The zero-order valence-corrected chi connectivity index (χ0v) is 14.8. The Labute approximate surface area is 152 Å². The first-order chi connectivity index (χ1) is 12.1. The van der Waals surface area contributed by atoms with E-state index in [-0.39, 0.29) is 0 Å². The molecule has 4 nitrogen and oxygen atoms in total. The van der Waals surface area contributed by atoms with E-state index in [4.69, 9.17) is 21.1 Å². The Morgan fingerprint density at radius 2 is 1.48 bits per heavy atom. The van der Waals surface area contributed by atoms with Crippen molar-refractivity contribution in [1.82, 2.24) is 0 Å². The van der Waals surface area contributed by atoms with Crippen LogP contribution >= 0.6 is 11.6 Å². The number of carbonyl (C=O) groups excluding carboxylic acids is 2. The van der Waals surface area contributed by atoms with E-state index in [2.05, 4.69) is 0 Å². The van der Waals surface area contributed by atoms with Gasteiger partial charge in [-0.05, 0) is 23.3 Å². The van der Waals surface area contributed by atoms with Crippen molar-refractivity contribution in [3.05, 3.63) is 76.8 Å². The van der Waals surface area contributed by atoms with Gasteiger partial charge in [-0.15, -0.1) is 0 Å². The molecule has 0 radical (unpaired) electrons. The minimum Gasteiger partial charge on any atom is -0.468 e. The fraction of sp³-hybridized carbons (Fsp3) is 0.200. The number of allylic oxidation sites excluding steroid dienone is 1. The first kappa shape index (κ1) is 18.7. The highest BCUT2D eigenvalue weighted by Gasteiger charge is 2.36. The van der Waals surface area contributed by atoms with Crippen molar-refractivity contribution in [2.75, 3.05) is 14.2 Å². The Balaban J connectivity index is 2.46. The summed E-state index contributed by atoms with van der Waals surface area (Å²) in [6.45, 7) is 0. The van der Waals surface area contributed by atoms with Gasteiger partial charge in [0.2, 0.25) is 0 Å². The molecule has 0 aliphatic heterocycles. The summed E-state index contributed by atoms with van der Waals surface area (Å²) in [5, 5.41) is 0.572. The SMILES string of the molecule is COC(=O)C(C(=O)OC)C(/C=C/c1ccccc1)c1ccc(Cl)cc1. The van der Waals surface area contributed by atoms with E-state index < -0.39 is 23.8 Å². The molecule has 1 atom stereocenters. The lowest BCUT2D eigenvalue weighted by atomic mass is 9.85. The summed E-state index contributed by atoms with van der Waals surface area (Å²) in [5.74, 6) is -2.94. The molecule has 0 aromatic heterocycles. The smallest absolute Gasteiger partial charge is 0.321 e. The molecule has 0 saturated carbocycles. The van der Waals surface area contributed by atoms with Gasteiger partial charge in [-0.25, -0.2) is 0 Å². The lowest BCUT2D eigenvalue weighted by molar-refractivity contribution is -0.159. The molecule has 2 aromatic rings. The summed E-state index contributed by atoms with van der Waals surface area (Å²) < 4.78 is 9.63. The van der Waals surface area contributed by atoms with Crippen LogP contribution in [0.25, 0.3) is 6.08 Å². The van der Waals surface area contributed by atoms with Crippen LogP contribution in [0.1, 0.15) is 17.0 Å². The van der Waals surface area contributed by atoms with E-state index in [1.54, 1.807) is 30.3 Å². The molecule has 0 heterocycles. The van der Waals surface area contributed by atoms with Crippen LogP contribution in [-0.2, 0) is 19.1 Å². The first-order valence-corrected chi connectivity index (χ1v) is 8.09. The zero-order valence-electron chi connectivity index (χ0n) is 14.0. The molecule has 0 bridgehead atoms. The average Bonchev–Trinajstić information content (AvgIpc) is 2.65. The summed E-state index contributed by atoms with van der Waals surface area (Å²) in [6, 6.07) is 16.6. The first-order valence-electron chi connectivity index (χ1n) is 7.71. The van der Waals surface area contributed by atoms with Crippen molar-refractivity contribution in [2.45, 2.75) is 5.92 Å². The summed E-state index contributed by atoms with van der Waals surface area (Å²) in [7, 11) is 2.50. The third-order valence-electron chi connectivity index (χ3n) is 3.82. The van der Waals surface area contributed by atoms with Gasteiger partial charge in [0.15, 0.2) is 5.92 Å². The maximum atomic E-state index is 12.2. The second-order valence-corrected chi connectivity index (χ2v) is 5.81. The van der Waals surface area contributed by atoms with Gasteiger partial charge in [-0.3, -0.25) is 9.59 Å². The molecule has 0 aliphatic rings. The number of carbonyl (C=O) groups is 2. The van der Waals surface area contributed by atoms with Crippen LogP contribution in [0.4, 0.5) is 0 Å². The molecule has 0 spiro atoms. The highest BCUT2D eigenvalue weighted by molar-refractivity contribution is 6.30. The van der Waals surface area contributed by atoms with Crippen LogP contribution < -0.4 is 0 Å².